The molecule has 0 amide bonds. The van der Waals surface area contributed by atoms with E-state index in [4.69, 9.17) is 9.40 Å². The van der Waals surface area contributed by atoms with Gasteiger partial charge in [0.15, 0.2) is 0 Å². The van der Waals surface area contributed by atoms with E-state index in [1.807, 2.05) is 36.5 Å². The van der Waals surface area contributed by atoms with Crippen LogP contribution in [0, 0.1) is 12.1 Å². The molecule has 69 heavy (non-hydrogen) atoms. The maximum atomic E-state index is 6.92. The molecule has 0 atom stereocenters. The predicted molar refractivity (Wildman–Crippen MR) is 286 cm³/mol. The van der Waals surface area contributed by atoms with Crippen LogP contribution >= 0.6 is 0 Å². The number of aromatic nitrogens is 3. The van der Waals surface area contributed by atoms with Gasteiger partial charge in [0.2, 0.25) is 0 Å². The van der Waals surface area contributed by atoms with Crippen molar-refractivity contribution in [2.45, 2.75) is 65.7 Å². The zero-order chi connectivity index (χ0) is 46.7. The molecule has 0 fully saturated rings. The molecule has 12 aromatic rings. The minimum absolute atomic E-state index is 0. The van der Waals surface area contributed by atoms with Gasteiger partial charge in [-0.2, -0.15) is 0 Å². The summed E-state index contributed by atoms with van der Waals surface area (Å²) in [6.07, 6.45) is 1.95. The summed E-state index contributed by atoms with van der Waals surface area (Å²) in [6, 6.07) is 69.1. The van der Waals surface area contributed by atoms with Gasteiger partial charge in [0.25, 0.3) is 0 Å². The summed E-state index contributed by atoms with van der Waals surface area (Å²) in [7, 11) is 0. The molecule has 0 bridgehead atoms. The minimum Gasteiger partial charge on any atom is -0.501 e. The number of hydrogen-bond acceptors (Lipinski definition) is 3. The van der Waals surface area contributed by atoms with Crippen LogP contribution in [0.25, 0.3) is 105 Å². The van der Waals surface area contributed by atoms with E-state index in [0.29, 0.717) is 0 Å². The Bertz CT molecular complexity index is 3790. The second-order valence-corrected chi connectivity index (χ2v) is 19.6. The number of hydrogen-bond donors (Lipinski definition) is 0. The normalized spacial score (nSPS) is 11.8. The molecule has 341 valence electrons. The molecule has 9 aromatic carbocycles. The van der Waals surface area contributed by atoms with E-state index in [9.17, 15) is 0 Å². The van der Waals surface area contributed by atoms with Crippen molar-refractivity contribution in [1.29, 1.82) is 0 Å². The van der Waals surface area contributed by atoms with Crippen LogP contribution in [-0.4, -0.2) is 14.5 Å². The van der Waals surface area contributed by atoms with Crippen molar-refractivity contribution >= 4 is 65.3 Å². The molecule has 5 heteroatoms. The van der Waals surface area contributed by atoms with E-state index >= 15 is 0 Å². The van der Waals surface area contributed by atoms with Crippen LogP contribution in [0.4, 0.5) is 0 Å². The third kappa shape index (κ3) is 8.35. The first-order valence-corrected chi connectivity index (χ1v) is 23.8. The quantitative estimate of drug-likeness (QED) is 0.123. The zero-order valence-electron chi connectivity index (χ0n) is 40.1. The van der Waals surface area contributed by atoms with Crippen molar-refractivity contribution in [1.82, 2.24) is 14.5 Å². The number of fused-ring (bicyclic) bond motifs is 9. The number of nitrogens with zero attached hydrogens (tertiary/aromatic N) is 3. The summed E-state index contributed by atoms with van der Waals surface area (Å²) in [6.45, 7) is 15.8. The molecule has 0 unspecified atom stereocenters. The first-order valence-electron chi connectivity index (χ1n) is 23.8. The average Bonchev–Trinajstić information content (AvgIpc) is 3.94. The van der Waals surface area contributed by atoms with Gasteiger partial charge in [-0.05, 0) is 108 Å². The van der Waals surface area contributed by atoms with Crippen LogP contribution in [-0.2, 0) is 25.5 Å². The Morgan fingerprint density at radius 1 is 0.551 bits per heavy atom. The smallest absolute Gasteiger partial charge is 0.121 e. The van der Waals surface area contributed by atoms with Gasteiger partial charge in [0.1, 0.15) is 5.58 Å². The number of pyridine rings is 1. The van der Waals surface area contributed by atoms with E-state index in [0.717, 1.165) is 55.6 Å². The molecule has 0 saturated heterocycles. The van der Waals surface area contributed by atoms with E-state index in [2.05, 4.69) is 216 Å². The summed E-state index contributed by atoms with van der Waals surface area (Å²) in [4.78, 5) is 9.96. The van der Waals surface area contributed by atoms with Crippen LogP contribution in [0.3, 0.4) is 0 Å². The maximum Gasteiger partial charge on any atom is 0.121 e. The van der Waals surface area contributed by atoms with E-state index in [-0.39, 0.29) is 37.4 Å². The largest absolute Gasteiger partial charge is 0.501 e. The number of benzene rings is 9. The molecular weight excluding hydrogens is 1020 g/mol. The van der Waals surface area contributed by atoms with Crippen LogP contribution < -0.4 is 0 Å². The average molecular weight is 1070 g/mol. The Labute approximate surface area is 418 Å². The molecule has 0 N–H and O–H groups in total. The summed E-state index contributed by atoms with van der Waals surface area (Å²) in [5, 5.41) is 9.36. The molecule has 12 rings (SSSR count). The molecule has 3 aromatic heterocycles. The third-order valence-corrected chi connectivity index (χ3v) is 13.4. The van der Waals surface area contributed by atoms with Gasteiger partial charge in [0.05, 0.1) is 22.4 Å². The van der Waals surface area contributed by atoms with Gasteiger partial charge in [-0.3, -0.25) is 4.98 Å². The fraction of sp³-hybridized carbons (Fsp3) is 0.156. The molecule has 4 nitrogen and oxygen atoms in total. The molecule has 0 aliphatic carbocycles. The summed E-state index contributed by atoms with van der Waals surface area (Å²) < 4.78 is 9.35. The van der Waals surface area contributed by atoms with Crippen molar-refractivity contribution in [2.24, 2.45) is 0 Å². The number of imidazole rings is 1. The van der Waals surface area contributed by atoms with Crippen LogP contribution in [0.2, 0.25) is 0 Å². The van der Waals surface area contributed by atoms with E-state index < -0.39 is 0 Å². The monoisotopic (exact) mass is 1070 g/mol. The standard InChI is InChI=1S/C49H37N2O.C15H16N.Ir/c1-29(2)40-26-35(31-13-6-5-7-14-31)27-41(30(3)4)46(40)51-47-37-18-11-9-16-33(37)23-24-44(47)50-49(51)39-20-12-19-38-43-25-34-22-21-32-15-8-10-17-36(32)42(34)28-45(43)52-48(38)39;1-15(2,3)13-9-10-14(16-11-13)12-7-5-4-6-8-12;/h5-19,21-30H,1-4H3;4-7,9-11H,1-3H3;/q2*-1;. The number of rotatable bonds is 6. The molecule has 3 heterocycles. The Kier molecular flexibility index (Phi) is 12.2. The molecule has 1 radical (unpaired) electrons. The van der Waals surface area contributed by atoms with Crippen molar-refractivity contribution in [3.8, 4) is 39.5 Å². The van der Waals surface area contributed by atoms with Crippen molar-refractivity contribution < 1.29 is 24.5 Å². The van der Waals surface area contributed by atoms with Gasteiger partial charge >= 0.3 is 0 Å². The second kappa shape index (κ2) is 18.4. The first-order chi connectivity index (χ1) is 33.0. The van der Waals surface area contributed by atoms with Crippen molar-refractivity contribution in [3.05, 3.63) is 211 Å². The Balaban J connectivity index is 0.000000277. The Morgan fingerprint density at radius 2 is 1.22 bits per heavy atom. The first kappa shape index (κ1) is 45.6. The van der Waals surface area contributed by atoms with Crippen molar-refractivity contribution in [2.75, 3.05) is 0 Å². The number of furan rings is 1. The Morgan fingerprint density at radius 3 is 1.90 bits per heavy atom. The fourth-order valence-electron chi connectivity index (χ4n) is 9.80. The topological polar surface area (TPSA) is 43.9 Å². The molecular formula is C64H53IrN3O-2. The SMILES string of the molecule is CC(C)(C)c1ccc(-c2[c-]cccc2)nc1.CC(C)c1cc(-c2ccccc2)cc(C(C)C)c1-n1c(-c2[c-]ccc3c2oc2cc4c(ccc5ccccc54)cc23)nc2ccc3ccccc3c21.[Ir]. The maximum absolute atomic E-state index is 6.92. The van der Waals surface area contributed by atoms with Gasteiger partial charge in [-0.1, -0.05) is 169 Å². The summed E-state index contributed by atoms with van der Waals surface area (Å²) in [5.74, 6) is 1.34. The van der Waals surface area contributed by atoms with E-state index in [1.165, 1.54) is 65.8 Å². The Hall–Kier alpha value is -7.17. The third-order valence-electron chi connectivity index (χ3n) is 13.4. The van der Waals surface area contributed by atoms with Crippen LogP contribution in [0.5, 0.6) is 0 Å². The van der Waals surface area contributed by atoms with Gasteiger partial charge in [-0.25, -0.2) is 0 Å². The fourth-order valence-corrected chi connectivity index (χ4v) is 9.80. The molecule has 0 aliphatic heterocycles. The molecule has 0 saturated carbocycles. The van der Waals surface area contributed by atoms with Crippen molar-refractivity contribution in [3.63, 3.8) is 0 Å². The van der Waals surface area contributed by atoms with Crippen LogP contribution in [0.1, 0.15) is 77.0 Å². The molecule has 0 aliphatic rings. The molecule has 0 spiro atoms. The van der Waals surface area contributed by atoms with Gasteiger partial charge in [-0.15, -0.1) is 54.1 Å². The second-order valence-electron chi connectivity index (χ2n) is 19.6. The minimum atomic E-state index is 0. The summed E-state index contributed by atoms with van der Waals surface area (Å²) in [5.41, 5.74) is 14.2. The van der Waals surface area contributed by atoms with E-state index in [1.54, 1.807) is 0 Å². The van der Waals surface area contributed by atoms with Crippen LogP contribution in [0.15, 0.2) is 187 Å². The van der Waals surface area contributed by atoms with Gasteiger partial charge in [0, 0.05) is 42.8 Å². The zero-order valence-corrected chi connectivity index (χ0v) is 42.5. The van der Waals surface area contributed by atoms with Gasteiger partial charge < -0.3 is 14.0 Å². The predicted octanol–water partition coefficient (Wildman–Crippen LogP) is 17.6. The summed E-state index contributed by atoms with van der Waals surface area (Å²) >= 11 is 0.